The van der Waals surface area contributed by atoms with Crippen molar-refractivity contribution in [2.45, 2.75) is 63.5 Å². The fourth-order valence-electron chi connectivity index (χ4n) is 3.19. The Kier molecular flexibility index (Phi) is 2.72. The number of aliphatic hydroxyl groups excluding tert-OH is 1. The van der Waals surface area contributed by atoms with Gasteiger partial charge in [-0.05, 0) is 38.5 Å². The maximum absolute atomic E-state index is 10.1. The van der Waals surface area contributed by atoms with Crippen molar-refractivity contribution in [1.29, 1.82) is 0 Å². The number of hydrogen-bond donors (Lipinski definition) is 1. The average Bonchev–Trinajstić information content (AvgIpc) is 2.74. The van der Waals surface area contributed by atoms with Gasteiger partial charge >= 0.3 is 0 Å². The zero-order valence-corrected chi connectivity index (χ0v) is 9.73. The molecule has 3 nitrogen and oxygen atoms in total. The second-order valence-corrected chi connectivity index (χ2v) is 5.17. The van der Waals surface area contributed by atoms with E-state index in [1.54, 1.807) is 0 Å². The third-order valence-corrected chi connectivity index (χ3v) is 4.11. The zero-order chi connectivity index (χ0) is 11.0. The lowest BCUT2D eigenvalue weighted by Crippen LogP contribution is -2.28. The Bertz CT molecular complexity index is 372. The summed E-state index contributed by atoms with van der Waals surface area (Å²) in [6.07, 6.45) is 11.1. The molecule has 0 aliphatic heterocycles. The van der Waals surface area contributed by atoms with Crippen molar-refractivity contribution in [2.75, 3.05) is 0 Å². The number of fused-ring (bicyclic) bond motifs is 1. The van der Waals surface area contributed by atoms with Crippen molar-refractivity contribution in [1.82, 2.24) is 9.55 Å². The van der Waals surface area contributed by atoms with Gasteiger partial charge in [-0.3, -0.25) is 0 Å². The van der Waals surface area contributed by atoms with E-state index >= 15 is 0 Å². The van der Waals surface area contributed by atoms with Crippen molar-refractivity contribution in [2.24, 2.45) is 0 Å². The first-order valence-electron chi connectivity index (χ1n) is 6.59. The molecule has 16 heavy (non-hydrogen) atoms. The predicted molar refractivity (Wildman–Crippen MR) is 62.4 cm³/mol. The van der Waals surface area contributed by atoms with Crippen LogP contribution in [0.1, 0.15) is 56.0 Å². The van der Waals surface area contributed by atoms with Gasteiger partial charge in [0.25, 0.3) is 0 Å². The van der Waals surface area contributed by atoms with Gasteiger partial charge in [0, 0.05) is 5.69 Å². The molecule has 2 aliphatic rings. The lowest BCUT2D eigenvalue weighted by molar-refractivity contribution is 0.0739. The molecule has 88 valence electrons. The summed E-state index contributed by atoms with van der Waals surface area (Å²) in [4.78, 5) is 4.52. The molecule has 0 spiro atoms. The molecule has 2 aliphatic carbocycles. The maximum atomic E-state index is 10.1. The molecule has 1 heterocycles. The summed E-state index contributed by atoms with van der Waals surface area (Å²) in [5.74, 6) is 0. The standard InChI is InChI=1S/C13H20N2O/c16-13-8-4-3-7-12(13)15-9-14-10-5-1-2-6-11(10)15/h9,12-13,16H,1-8H2/t12-,13-/m0/s1. The first-order chi connectivity index (χ1) is 7.86. The number of rotatable bonds is 1. The molecular formula is C13H20N2O. The fraction of sp³-hybridized carbons (Fsp3) is 0.769. The maximum Gasteiger partial charge on any atom is 0.0955 e. The van der Waals surface area contributed by atoms with E-state index in [1.807, 2.05) is 6.33 Å². The van der Waals surface area contributed by atoms with E-state index in [2.05, 4.69) is 9.55 Å². The highest BCUT2D eigenvalue weighted by Gasteiger charge is 2.27. The summed E-state index contributed by atoms with van der Waals surface area (Å²) in [6.45, 7) is 0. The number of aryl methyl sites for hydroxylation is 1. The van der Waals surface area contributed by atoms with Gasteiger partial charge < -0.3 is 9.67 Å². The van der Waals surface area contributed by atoms with Crippen molar-refractivity contribution >= 4 is 0 Å². The minimum absolute atomic E-state index is 0.158. The van der Waals surface area contributed by atoms with Gasteiger partial charge in [0.1, 0.15) is 0 Å². The Hall–Kier alpha value is -0.830. The van der Waals surface area contributed by atoms with Gasteiger partial charge in [0.2, 0.25) is 0 Å². The van der Waals surface area contributed by atoms with Crippen LogP contribution in [0, 0.1) is 0 Å². The van der Waals surface area contributed by atoms with Crippen LogP contribution in [0.25, 0.3) is 0 Å². The second kappa shape index (κ2) is 4.21. The van der Waals surface area contributed by atoms with Gasteiger partial charge in [-0.25, -0.2) is 4.98 Å². The number of nitrogens with zero attached hydrogens (tertiary/aromatic N) is 2. The summed E-state index contributed by atoms with van der Waals surface area (Å²) in [7, 11) is 0. The quantitative estimate of drug-likeness (QED) is 0.788. The van der Waals surface area contributed by atoms with E-state index in [1.165, 1.54) is 37.1 Å². The monoisotopic (exact) mass is 220 g/mol. The van der Waals surface area contributed by atoms with Crippen LogP contribution in [0.2, 0.25) is 0 Å². The molecule has 0 saturated heterocycles. The topological polar surface area (TPSA) is 38.0 Å². The summed E-state index contributed by atoms with van der Waals surface area (Å²) < 4.78 is 2.28. The minimum Gasteiger partial charge on any atom is -0.391 e. The Morgan fingerprint density at radius 2 is 1.94 bits per heavy atom. The molecule has 1 N–H and O–H groups in total. The summed E-state index contributed by atoms with van der Waals surface area (Å²) in [6, 6.07) is 0.295. The summed E-state index contributed by atoms with van der Waals surface area (Å²) in [5.41, 5.74) is 2.68. The van der Waals surface area contributed by atoms with E-state index in [9.17, 15) is 5.11 Å². The average molecular weight is 220 g/mol. The first kappa shape index (κ1) is 10.3. The Labute approximate surface area is 96.5 Å². The molecule has 0 aromatic carbocycles. The van der Waals surface area contributed by atoms with Crippen LogP contribution in [0.4, 0.5) is 0 Å². The van der Waals surface area contributed by atoms with E-state index < -0.39 is 0 Å². The zero-order valence-electron chi connectivity index (χ0n) is 9.73. The first-order valence-corrected chi connectivity index (χ1v) is 6.59. The number of aromatic nitrogens is 2. The van der Waals surface area contributed by atoms with Gasteiger partial charge in [-0.15, -0.1) is 0 Å². The van der Waals surface area contributed by atoms with Crippen LogP contribution in [-0.2, 0) is 12.8 Å². The third kappa shape index (κ3) is 1.67. The highest BCUT2D eigenvalue weighted by Crippen LogP contribution is 2.32. The molecule has 2 atom stereocenters. The third-order valence-electron chi connectivity index (χ3n) is 4.11. The lowest BCUT2D eigenvalue weighted by Gasteiger charge is -2.30. The van der Waals surface area contributed by atoms with E-state index in [0.717, 1.165) is 25.7 Å². The highest BCUT2D eigenvalue weighted by molar-refractivity contribution is 5.17. The molecule has 1 fully saturated rings. The smallest absolute Gasteiger partial charge is 0.0955 e. The van der Waals surface area contributed by atoms with E-state index in [4.69, 9.17) is 0 Å². The fourth-order valence-corrected chi connectivity index (χ4v) is 3.19. The Morgan fingerprint density at radius 1 is 1.12 bits per heavy atom. The van der Waals surface area contributed by atoms with Crippen LogP contribution in [0.15, 0.2) is 6.33 Å². The van der Waals surface area contributed by atoms with Gasteiger partial charge in [-0.2, -0.15) is 0 Å². The number of imidazole rings is 1. The number of aliphatic hydroxyl groups is 1. The van der Waals surface area contributed by atoms with Gasteiger partial charge in [-0.1, -0.05) is 12.8 Å². The van der Waals surface area contributed by atoms with Gasteiger partial charge in [0.05, 0.1) is 24.2 Å². The Balaban J connectivity index is 1.90. The van der Waals surface area contributed by atoms with Crippen molar-refractivity contribution in [3.05, 3.63) is 17.7 Å². The van der Waals surface area contributed by atoms with E-state index in [-0.39, 0.29) is 6.10 Å². The summed E-state index contributed by atoms with van der Waals surface area (Å²) >= 11 is 0. The van der Waals surface area contributed by atoms with Crippen LogP contribution < -0.4 is 0 Å². The second-order valence-electron chi connectivity index (χ2n) is 5.17. The normalized spacial score (nSPS) is 30.1. The largest absolute Gasteiger partial charge is 0.391 e. The lowest BCUT2D eigenvalue weighted by atomic mass is 9.91. The molecular weight excluding hydrogens is 200 g/mol. The van der Waals surface area contributed by atoms with Crippen LogP contribution in [0.3, 0.4) is 0 Å². The molecule has 1 saturated carbocycles. The van der Waals surface area contributed by atoms with Crippen molar-refractivity contribution in [3.8, 4) is 0 Å². The summed E-state index contributed by atoms with van der Waals surface area (Å²) in [5, 5.41) is 10.1. The van der Waals surface area contributed by atoms with Crippen LogP contribution in [0.5, 0.6) is 0 Å². The molecule has 0 bridgehead atoms. The molecule has 0 unspecified atom stereocenters. The van der Waals surface area contributed by atoms with E-state index in [0.29, 0.717) is 6.04 Å². The molecule has 1 aromatic heterocycles. The molecule has 3 rings (SSSR count). The molecule has 0 amide bonds. The predicted octanol–water partition coefficient (Wildman–Crippen LogP) is 2.24. The Morgan fingerprint density at radius 3 is 2.81 bits per heavy atom. The SMILES string of the molecule is O[C@H]1CCCC[C@@H]1n1cnc2c1CCCC2. The minimum atomic E-state index is -0.158. The molecule has 0 radical (unpaired) electrons. The van der Waals surface area contributed by atoms with Crippen molar-refractivity contribution in [3.63, 3.8) is 0 Å². The van der Waals surface area contributed by atoms with Gasteiger partial charge in [0.15, 0.2) is 0 Å². The molecule has 1 aromatic rings. The molecule has 3 heteroatoms. The highest BCUT2D eigenvalue weighted by atomic mass is 16.3. The van der Waals surface area contributed by atoms with Crippen LogP contribution in [-0.4, -0.2) is 20.8 Å². The van der Waals surface area contributed by atoms with Crippen molar-refractivity contribution < 1.29 is 5.11 Å². The number of hydrogen-bond acceptors (Lipinski definition) is 2. The van der Waals surface area contributed by atoms with Crippen LogP contribution >= 0.6 is 0 Å².